The molecule has 0 aliphatic rings. The van der Waals surface area contributed by atoms with E-state index in [4.69, 9.17) is 11.6 Å². The minimum absolute atomic E-state index is 0.0920. The van der Waals surface area contributed by atoms with E-state index in [0.29, 0.717) is 17.3 Å². The monoisotopic (exact) mass is 372 g/mol. The second-order valence-corrected chi connectivity index (χ2v) is 7.08. The zero-order valence-corrected chi connectivity index (χ0v) is 16.7. The van der Waals surface area contributed by atoms with Crippen molar-refractivity contribution in [1.82, 2.24) is 0 Å². The van der Waals surface area contributed by atoms with E-state index in [0.717, 1.165) is 22.4 Å². The zero-order chi connectivity index (χ0) is 19.4. The molecular formula is C21H25ClN2O2. The van der Waals surface area contributed by atoms with Gasteiger partial charge in [0.2, 0.25) is 11.8 Å². The lowest BCUT2D eigenvalue weighted by Gasteiger charge is -2.22. The summed E-state index contributed by atoms with van der Waals surface area (Å²) in [6.07, 6.45) is 0.191. The fraction of sp³-hybridized carbons (Fsp3) is 0.333. The van der Waals surface area contributed by atoms with Crippen molar-refractivity contribution in [1.29, 1.82) is 0 Å². The van der Waals surface area contributed by atoms with Crippen LogP contribution >= 0.6 is 11.6 Å². The van der Waals surface area contributed by atoms with Crippen molar-refractivity contribution < 1.29 is 9.59 Å². The number of carbonyl (C=O) groups excluding carboxylic acids is 2. The lowest BCUT2D eigenvalue weighted by Crippen LogP contribution is -2.32. The number of benzene rings is 2. The Kier molecular flexibility index (Phi) is 6.43. The molecule has 0 aromatic heterocycles. The highest BCUT2D eigenvalue weighted by Crippen LogP contribution is 2.27. The summed E-state index contributed by atoms with van der Waals surface area (Å²) in [5.74, 6) is -0.264. The molecule has 0 saturated heterocycles. The van der Waals surface area contributed by atoms with Crippen molar-refractivity contribution in [2.24, 2.45) is 0 Å². The van der Waals surface area contributed by atoms with Crippen molar-refractivity contribution in [2.45, 2.75) is 41.0 Å². The van der Waals surface area contributed by atoms with Crippen molar-refractivity contribution in [3.63, 3.8) is 0 Å². The topological polar surface area (TPSA) is 49.4 Å². The number of amides is 2. The van der Waals surface area contributed by atoms with E-state index in [2.05, 4.69) is 5.32 Å². The molecule has 2 aromatic rings. The summed E-state index contributed by atoms with van der Waals surface area (Å²) in [5, 5.41) is 3.38. The Hall–Kier alpha value is -2.33. The standard InChI is InChI=1S/C21H25ClN2O2/c1-13-10-16(4)21(19(22)11-13)23-20(26)8-9-24(17(5)25)18-7-6-14(2)15(3)12-18/h6-7,10-12H,8-9H2,1-5H3,(H,23,26). The number of halogens is 1. The molecule has 0 spiro atoms. The minimum Gasteiger partial charge on any atom is -0.324 e. The third-order valence-corrected chi connectivity index (χ3v) is 4.74. The van der Waals surface area contributed by atoms with Crippen molar-refractivity contribution in [2.75, 3.05) is 16.8 Å². The van der Waals surface area contributed by atoms with E-state index in [1.54, 1.807) is 4.90 Å². The predicted molar refractivity (Wildman–Crippen MR) is 108 cm³/mol. The highest BCUT2D eigenvalue weighted by atomic mass is 35.5. The fourth-order valence-electron chi connectivity index (χ4n) is 2.85. The molecule has 0 unspecified atom stereocenters. The van der Waals surface area contributed by atoms with Gasteiger partial charge in [-0.25, -0.2) is 0 Å². The summed E-state index contributed by atoms with van der Waals surface area (Å²) >= 11 is 6.24. The van der Waals surface area contributed by atoms with E-state index in [1.807, 2.05) is 58.0 Å². The number of nitrogens with zero attached hydrogens (tertiary/aromatic N) is 1. The van der Waals surface area contributed by atoms with Crippen LogP contribution in [0.3, 0.4) is 0 Å². The van der Waals surface area contributed by atoms with Crippen LogP contribution in [0.4, 0.5) is 11.4 Å². The first-order valence-electron chi connectivity index (χ1n) is 8.61. The van der Waals surface area contributed by atoms with Crippen molar-refractivity contribution in [3.05, 3.63) is 57.6 Å². The summed E-state index contributed by atoms with van der Waals surface area (Å²) < 4.78 is 0. The van der Waals surface area contributed by atoms with Gasteiger partial charge in [-0.1, -0.05) is 23.7 Å². The Morgan fingerprint density at radius 2 is 1.69 bits per heavy atom. The average molecular weight is 373 g/mol. The third kappa shape index (κ3) is 4.85. The first-order valence-corrected chi connectivity index (χ1v) is 8.98. The zero-order valence-electron chi connectivity index (χ0n) is 15.9. The predicted octanol–water partition coefficient (Wildman–Crippen LogP) is 4.96. The molecule has 1 N–H and O–H groups in total. The Labute approximate surface area is 160 Å². The molecule has 5 heteroatoms. The SMILES string of the molecule is CC(=O)N(CCC(=O)Nc1c(C)cc(C)cc1Cl)c1ccc(C)c(C)c1. The van der Waals surface area contributed by atoms with Crippen LogP contribution in [-0.2, 0) is 9.59 Å². The van der Waals surface area contributed by atoms with Gasteiger partial charge in [0, 0.05) is 25.6 Å². The molecule has 0 saturated carbocycles. The molecule has 138 valence electrons. The second kappa shape index (κ2) is 8.37. The molecule has 4 nitrogen and oxygen atoms in total. The maximum atomic E-state index is 12.4. The second-order valence-electron chi connectivity index (χ2n) is 6.68. The Bertz CT molecular complexity index is 823. The number of rotatable bonds is 5. The Morgan fingerprint density at radius 3 is 2.27 bits per heavy atom. The highest BCUT2D eigenvalue weighted by Gasteiger charge is 2.15. The van der Waals surface area contributed by atoms with Crippen LogP contribution < -0.4 is 10.2 Å². The number of anilines is 2. The molecule has 0 fully saturated rings. The first kappa shape index (κ1) is 20.0. The van der Waals surface area contributed by atoms with Gasteiger partial charge in [0.1, 0.15) is 0 Å². The molecular weight excluding hydrogens is 348 g/mol. The smallest absolute Gasteiger partial charge is 0.226 e. The van der Waals surface area contributed by atoms with E-state index in [1.165, 1.54) is 12.5 Å². The van der Waals surface area contributed by atoms with Crippen LogP contribution in [0.15, 0.2) is 30.3 Å². The van der Waals surface area contributed by atoms with Crippen molar-refractivity contribution >= 4 is 34.8 Å². The highest BCUT2D eigenvalue weighted by molar-refractivity contribution is 6.34. The molecule has 0 aliphatic carbocycles. The van der Waals surface area contributed by atoms with Gasteiger partial charge < -0.3 is 10.2 Å². The van der Waals surface area contributed by atoms with Gasteiger partial charge in [0.15, 0.2) is 0 Å². The van der Waals surface area contributed by atoms with E-state index in [-0.39, 0.29) is 18.2 Å². The van der Waals surface area contributed by atoms with E-state index < -0.39 is 0 Å². The molecule has 0 bridgehead atoms. The van der Waals surface area contributed by atoms with Gasteiger partial charge in [-0.15, -0.1) is 0 Å². The normalized spacial score (nSPS) is 10.5. The van der Waals surface area contributed by atoms with Gasteiger partial charge in [0.25, 0.3) is 0 Å². The lowest BCUT2D eigenvalue weighted by molar-refractivity contribution is -0.117. The van der Waals surface area contributed by atoms with Gasteiger partial charge in [0.05, 0.1) is 10.7 Å². The van der Waals surface area contributed by atoms with Crippen LogP contribution in [0.5, 0.6) is 0 Å². The Balaban J connectivity index is 2.08. The molecule has 0 atom stereocenters. The van der Waals surface area contributed by atoms with Gasteiger partial charge >= 0.3 is 0 Å². The van der Waals surface area contributed by atoms with Gasteiger partial charge in [-0.3, -0.25) is 9.59 Å². The van der Waals surface area contributed by atoms with Crippen LogP contribution in [-0.4, -0.2) is 18.4 Å². The maximum absolute atomic E-state index is 12.4. The van der Waals surface area contributed by atoms with Gasteiger partial charge in [-0.2, -0.15) is 0 Å². The molecule has 2 aromatic carbocycles. The molecule has 0 aliphatic heterocycles. The first-order chi connectivity index (χ1) is 12.2. The number of hydrogen-bond acceptors (Lipinski definition) is 2. The number of aryl methyl sites for hydroxylation is 4. The number of hydrogen-bond donors (Lipinski definition) is 1. The summed E-state index contributed by atoms with van der Waals surface area (Å²) in [7, 11) is 0. The number of nitrogens with one attached hydrogen (secondary N) is 1. The van der Waals surface area contributed by atoms with Crippen molar-refractivity contribution in [3.8, 4) is 0 Å². The summed E-state index contributed by atoms with van der Waals surface area (Å²) in [4.78, 5) is 26.0. The molecule has 26 heavy (non-hydrogen) atoms. The molecule has 2 amide bonds. The van der Waals surface area contributed by atoms with Crippen LogP contribution in [0, 0.1) is 27.7 Å². The number of carbonyl (C=O) groups is 2. The largest absolute Gasteiger partial charge is 0.324 e. The molecule has 0 radical (unpaired) electrons. The fourth-order valence-corrected chi connectivity index (χ4v) is 3.22. The summed E-state index contributed by atoms with van der Waals surface area (Å²) in [6, 6.07) is 9.65. The van der Waals surface area contributed by atoms with E-state index >= 15 is 0 Å². The average Bonchev–Trinajstić information content (AvgIpc) is 2.54. The minimum atomic E-state index is -0.172. The van der Waals surface area contributed by atoms with Crippen LogP contribution in [0.25, 0.3) is 0 Å². The molecule has 0 heterocycles. The third-order valence-electron chi connectivity index (χ3n) is 4.44. The summed E-state index contributed by atoms with van der Waals surface area (Å²) in [6.45, 7) is 9.72. The van der Waals surface area contributed by atoms with Gasteiger partial charge in [-0.05, 0) is 68.1 Å². The van der Waals surface area contributed by atoms with Crippen LogP contribution in [0.1, 0.15) is 35.6 Å². The lowest BCUT2D eigenvalue weighted by atomic mass is 10.1. The van der Waals surface area contributed by atoms with Crippen LogP contribution in [0.2, 0.25) is 5.02 Å². The van der Waals surface area contributed by atoms with E-state index in [9.17, 15) is 9.59 Å². The maximum Gasteiger partial charge on any atom is 0.226 e. The summed E-state index contributed by atoms with van der Waals surface area (Å²) in [5.41, 5.74) is 5.67. The molecule has 2 rings (SSSR count). The Morgan fingerprint density at radius 1 is 1.00 bits per heavy atom. The quantitative estimate of drug-likeness (QED) is 0.806.